The molecule has 99 heavy (non-hydrogen) atoms. The molecule has 538 valence electrons. The first-order valence-electron chi connectivity index (χ1n) is 33.1. The van der Waals surface area contributed by atoms with Gasteiger partial charge in [-0.2, -0.15) is 0 Å². The number of benzene rings is 6. The molecule has 0 radical (unpaired) electrons. The highest BCUT2D eigenvalue weighted by atomic mass is 35.5. The summed E-state index contributed by atoms with van der Waals surface area (Å²) in [6.45, 7) is 1.24. The van der Waals surface area contributed by atoms with Gasteiger partial charge in [-0.3, -0.25) is 28.8 Å². The maximum atomic E-state index is 12.8. The van der Waals surface area contributed by atoms with Crippen LogP contribution in [0.4, 0.5) is 17.1 Å². The molecule has 21 nitrogen and oxygen atoms in total. The fourth-order valence-corrected chi connectivity index (χ4v) is 13.4. The number of carbonyl (C=O) groups is 6. The van der Waals surface area contributed by atoms with Crippen molar-refractivity contribution in [2.24, 2.45) is 0 Å². The molecule has 27 heteroatoms. The van der Waals surface area contributed by atoms with E-state index in [9.17, 15) is 28.8 Å². The van der Waals surface area contributed by atoms with Crippen LogP contribution in [0, 0.1) is 0 Å². The molecule has 0 bridgehead atoms. The second-order valence-electron chi connectivity index (χ2n) is 25.4. The predicted octanol–water partition coefficient (Wildman–Crippen LogP) is 12.7. The number of hydrogen-bond donors (Lipinski definition) is 6. The summed E-state index contributed by atoms with van der Waals surface area (Å²) in [4.78, 5) is 81.0. The highest BCUT2D eigenvalue weighted by molar-refractivity contribution is 6.32. The molecule has 6 aromatic rings. The summed E-state index contributed by atoms with van der Waals surface area (Å²) >= 11 is 35.7. The van der Waals surface area contributed by atoms with Crippen molar-refractivity contribution in [3.63, 3.8) is 0 Å². The van der Waals surface area contributed by atoms with Crippen LogP contribution in [-0.4, -0.2) is 151 Å². The van der Waals surface area contributed by atoms with Crippen LogP contribution in [0.3, 0.4) is 0 Å². The molecule has 0 spiro atoms. The number of carbonyl (C=O) groups excluding carboxylic acids is 6. The monoisotopic (exact) mass is 1480 g/mol. The molecule has 3 saturated carbocycles. The SMILES string of the molecule is CN1CC(C(=O)NC2CCC(NC(=O)COc3ccc(Cl)cc3)CC2)Oc2ccc(Cl)cc21.CN1C[C@@H](C(=O)NC2CCC(NC(=O)COc3ccc(Cl)cc3)CC2)Oc2ccc(Cl)cc21.CN1C[C@H](C(=O)NC2CCC(NC(=O)COc3ccc(Cl)cc3)CC2)Oc2ccc(Cl)cc21.[HH].[HH].[HH].[HH].[HH]. The van der Waals surface area contributed by atoms with Crippen molar-refractivity contribution in [1.82, 2.24) is 31.9 Å². The summed E-state index contributed by atoms with van der Waals surface area (Å²) < 4.78 is 34.2. The minimum atomic E-state index is -0.578. The van der Waals surface area contributed by atoms with E-state index in [1.54, 1.807) is 109 Å². The minimum absolute atomic E-state index is 0. The number of anilines is 3. The van der Waals surface area contributed by atoms with Gasteiger partial charge < -0.3 is 75.0 Å². The molecule has 6 amide bonds. The van der Waals surface area contributed by atoms with E-state index in [2.05, 4.69) is 31.9 Å². The molecule has 3 atom stereocenters. The lowest BCUT2D eigenvalue weighted by Gasteiger charge is -2.35. The van der Waals surface area contributed by atoms with Crippen molar-refractivity contribution in [1.29, 1.82) is 0 Å². The quantitative estimate of drug-likeness (QED) is 0.0469. The Labute approximate surface area is 613 Å². The molecule has 12 rings (SSSR count). The first-order valence-corrected chi connectivity index (χ1v) is 35.3. The van der Waals surface area contributed by atoms with Crippen molar-refractivity contribution in [3.05, 3.63) is 158 Å². The Kier molecular flexibility index (Phi) is 26.4. The Morgan fingerprint density at radius 3 is 0.788 bits per heavy atom. The third-order valence-corrected chi connectivity index (χ3v) is 19.3. The van der Waals surface area contributed by atoms with E-state index in [1.807, 2.05) is 54.0 Å². The van der Waals surface area contributed by atoms with E-state index in [-0.39, 0.29) is 98.6 Å². The second kappa shape index (κ2) is 35.4. The third kappa shape index (κ3) is 22.0. The Balaban J connectivity index is 0.000000274. The van der Waals surface area contributed by atoms with Crippen LogP contribution in [0.1, 0.15) is 84.2 Å². The van der Waals surface area contributed by atoms with Crippen molar-refractivity contribution < 1.29 is 64.3 Å². The third-order valence-electron chi connectivity index (χ3n) is 17.9. The average Bonchev–Trinajstić information content (AvgIpc) is 0.812. The van der Waals surface area contributed by atoms with Crippen molar-refractivity contribution in [2.75, 3.05) is 75.3 Å². The fraction of sp³-hybridized carbons (Fsp3) is 0.417. The highest BCUT2D eigenvalue weighted by Crippen LogP contribution is 2.38. The Hall–Kier alpha value is -7.92. The smallest absolute Gasteiger partial charge is 0.263 e. The molecule has 6 N–H and O–H groups in total. The molecular weight excluding hydrogens is 1400 g/mol. The molecule has 0 saturated heterocycles. The molecule has 3 heterocycles. The van der Waals surface area contributed by atoms with Crippen LogP contribution in [0.5, 0.6) is 34.5 Å². The fourth-order valence-electron chi connectivity index (χ4n) is 12.6. The van der Waals surface area contributed by atoms with E-state index in [0.717, 1.165) is 94.1 Å². The maximum absolute atomic E-state index is 12.8. The van der Waals surface area contributed by atoms with Gasteiger partial charge in [-0.05, 0) is 204 Å². The number of rotatable bonds is 18. The van der Waals surface area contributed by atoms with Gasteiger partial charge in [0.15, 0.2) is 38.1 Å². The van der Waals surface area contributed by atoms with Gasteiger partial charge in [-0.15, -0.1) is 0 Å². The van der Waals surface area contributed by atoms with Crippen LogP contribution in [0.2, 0.25) is 30.1 Å². The average molecular weight is 1490 g/mol. The molecule has 3 fully saturated rings. The van der Waals surface area contributed by atoms with Gasteiger partial charge in [-0.25, -0.2) is 0 Å². The first kappa shape index (κ1) is 73.8. The summed E-state index contributed by atoms with van der Waals surface area (Å²) in [7, 11) is 5.76. The van der Waals surface area contributed by atoms with Gasteiger partial charge in [0, 0.05) is 94.7 Å². The Morgan fingerprint density at radius 2 is 0.556 bits per heavy atom. The van der Waals surface area contributed by atoms with Gasteiger partial charge in [0.1, 0.15) is 34.5 Å². The first-order chi connectivity index (χ1) is 47.6. The Bertz CT molecular complexity index is 3390. The number of nitrogens with one attached hydrogen (secondary N) is 6. The summed E-state index contributed by atoms with van der Waals surface area (Å²) in [5.74, 6) is 2.93. The van der Waals surface area contributed by atoms with E-state index in [4.69, 9.17) is 98.0 Å². The topological polar surface area (TPSA) is 240 Å². The molecule has 3 aliphatic heterocycles. The molecule has 1 unspecified atom stereocenters. The number of likely N-dealkylation sites (N-methyl/N-ethyl adjacent to an activating group) is 3. The van der Waals surface area contributed by atoms with Gasteiger partial charge in [0.05, 0.1) is 36.7 Å². The normalized spacial score (nSPS) is 22.0. The van der Waals surface area contributed by atoms with Crippen LogP contribution < -0.4 is 75.0 Å². The zero-order valence-corrected chi connectivity index (χ0v) is 59.6. The molecule has 3 aliphatic carbocycles. The van der Waals surface area contributed by atoms with Gasteiger partial charge in [0.25, 0.3) is 35.4 Å². The van der Waals surface area contributed by atoms with Crippen molar-refractivity contribution in [3.8, 4) is 34.5 Å². The van der Waals surface area contributed by atoms with E-state index < -0.39 is 18.3 Å². The van der Waals surface area contributed by atoms with Crippen molar-refractivity contribution in [2.45, 2.75) is 132 Å². The largest absolute Gasteiger partial charge is 0.484 e. The zero-order valence-electron chi connectivity index (χ0n) is 55.1. The van der Waals surface area contributed by atoms with E-state index in [1.165, 1.54) is 0 Å². The van der Waals surface area contributed by atoms with Crippen LogP contribution >= 0.6 is 69.6 Å². The molecule has 6 aromatic carbocycles. The van der Waals surface area contributed by atoms with Gasteiger partial charge >= 0.3 is 0 Å². The van der Waals surface area contributed by atoms with Crippen LogP contribution in [0.25, 0.3) is 0 Å². The number of ether oxygens (including phenoxy) is 6. The summed E-state index contributed by atoms with van der Waals surface area (Å²) in [6.07, 6.45) is 7.81. The number of nitrogens with zero attached hydrogens (tertiary/aromatic N) is 3. The highest BCUT2D eigenvalue weighted by Gasteiger charge is 2.36. The van der Waals surface area contributed by atoms with Gasteiger partial charge in [0.2, 0.25) is 0 Å². The lowest BCUT2D eigenvalue weighted by Crippen LogP contribution is -2.52. The summed E-state index contributed by atoms with van der Waals surface area (Å²) in [5, 5.41) is 22.1. The van der Waals surface area contributed by atoms with Crippen LogP contribution in [-0.2, 0) is 28.8 Å². The lowest BCUT2D eigenvalue weighted by atomic mass is 9.91. The zero-order chi connectivity index (χ0) is 70.1. The minimum Gasteiger partial charge on any atom is -0.484 e. The van der Waals surface area contributed by atoms with Crippen molar-refractivity contribution >= 4 is 122 Å². The van der Waals surface area contributed by atoms with E-state index >= 15 is 0 Å². The summed E-state index contributed by atoms with van der Waals surface area (Å²) in [6, 6.07) is 37.2. The van der Waals surface area contributed by atoms with Gasteiger partial charge in [-0.1, -0.05) is 69.6 Å². The number of amides is 6. The summed E-state index contributed by atoms with van der Waals surface area (Å²) in [5.41, 5.74) is 2.63. The molecule has 6 aliphatic rings. The standard InChI is InChI=1S/3C24H27Cl2N3O4.5H2/c3*1-29-13-22(33-21-11-4-16(26)12-20(21)29)24(31)28-18-7-5-17(6-8-18)27-23(30)14-32-19-9-2-15(25)3-10-19;;;;;/h3*2-4,9-12,17-18,22H,5-8,13-14H2,1H3,(H,27,30)(H,28,31);5*1H/t2*17?,18?,22-;;;;;;/m10....../s1. The molecule has 0 aromatic heterocycles. The maximum Gasteiger partial charge on any atom is 0.263 e. The Morgan fingerprint density at radius 1 is 0.343 bits per heavy atom. The predicted molar refractivity (Wildman–Crippen MR) is 396 cm³/mol. The van der Waals surface area contributed by atoms with E-state index in [0.29, 0.717) is 84.3 Å². The number of fused-ring (bicyclic) bond motifs is 3. The number of halogens is 6. The molecular formula is C72H91Cl6N9O12. The van der Waals surface area contributed by atoms with Crippen LogP contribution in [0.15, 0.2) is 127 Å². The lowest BCUT2D eigenvalue weighted by molar-refractivity contribution is -0.129. The second-order valence-corrected chi connectivity index (χ2v) is 28.0. The number of hydrogen-bond acceptors (Lipinski definition) is 15.